The molecule has 7 heteroatoms. The molecule has 0 saturated heterocycles. The predicted octanol–water partition coefficient (Wildman–Crippen LogP) is 7.71. The molecule has 0 saturated carbocycles. The van der Waals surface area contributed by atoms with Gasteiger partial charge in [0.25, 0.3) is 0 Å². The van der Waals surface area contributed by atoms with Crippen molar-refractivity contribution in [2.24, 2.45) is 10.8 Å². The number of carbonyl (C=O) groups is 3. The first-order valence-corrected chi connectivity index (χ1v) is 14.7. The van der Waals surface area contributed by atoms with E-state index in [1.165, 1.54) is 0 Å². The second kappa shape index (κ2) is 10.8. The Balaban J connectivity index is 1.65. The summed E-state index contributed by atoms with van der Waals surface area (Å²) in [5.74, 6) is -0.841. The van der Waals surface area contributed by atoms with E-state index in [0.29, 0.717) is 34.8 Å². The van der Waals surface area contributed by atoms with Crippen molar-refractivity contribution >= 4 is 29.1 Å². The molecule has 2 aromatic carbocycles. The molecule has 41 heavy (non-hydrogen) atoms. The third-order valence-electron chi connectivity index (χ3n) is 8.35. The van der Waals surface area contributed by atoms with Gasteiger partial charge in [-0.1, -0.05) is 58.4 Å². The quantitative estimate of drug-likeness (QED) is 0.364. The average Bonchev–Trinajstić information content (AvgIpc) is 2.87. The van der Waals surface area contributed by atoms with Crippen LogP contribution in [0.3, 0.4) is 0 Å². The molecule has 1 heterocycles. The Kier molecular flexibility index (Phi) is 7.66. The van der Waals surface area contributed by atoms with E-state index in [9.17, 15) is 19.5 Å². The van der Waals surface area contributed by atoms with Gasteiger partial charge in [-0.15, -0.1) is 0 Å². The number of halogens is 1. The van der Waals surface area contributed by atoms with E-state index in [1.807, 2.05) is 6.07 Å². The van der Waals surface area contributed by atoms with Crippen LogP contribution in [0.25, 0.3) is 0 Å². The third-order valence-corrected chi connectivity index (χ3v) is 8.58. The lowest BCUT2D eigenvalue weighted by atomic mass is 9.63. The van der Waals surface area contributed by atoms with Gasteiger partial charge in [0.2, 0.25) is 0 Å². The zero-order chi connectivity index (χ0) is 29.7. The minimum absolute atomic E-state index is 0.0710. The van der Waals surface area contributed by atoms with Gasteiger partial charge < -0.3 is 14.7 Å². The fourth-order valence-corrected chi connectivity index (χ4v) is 6.81. The molecule has 0 aromatic heterocycles. The van der Waals surface area contributed by atoms with Gasteiger partial charge in [-0.3, -0.25) is 9.59 Å². The monoisotopic (exact) mass is 575 g/mol. The number of Topliss-reactive ketones (excluding diaryl/α,β-unsaturated/α-hetero) is 2. The Bertz CT molecular complexity index is 1430. The minimum atomic E-state index is -0.985. The Morgan fingerprint density at radius 2 is 1.49 bits per heavy atom. The molecule has 216 valence electrons. The van der Waals surface area contributed by atoms with Crippen LogP contribution < -0.4 is 4.74 Å². The summed E-state index contributed by atoms with van der Waals surface area (Å²) >= 11 is 6.57. The largest absolute Gasteiger partial charge is 0.489 e. The number of ether oxygens (including phenoxy) is 1. The van der Waals surface area contributed by atoms with Crippen LogP contribution >= 0.6 is 11.6 Å². The van der Waals surface area contributed by atoms with Crippen LogP contribution in [-0.4, -0.2) is 34.1 Å². The van der Waals surface area contributed by atoms with E-state index in [0.717, 1.165) is 48.3 Å². The number of carbonyl (C=O) groups excluding carboxylic acids is 2. The van der Waals surface area contributed by atoms with Crippen molar-refractivity contribution in [1.29, 1.82) is 0 Å². The smallest absolute Gasteiger partial charge is 0.335 e. The molecule has 0 bridgehead atoms. The van der Waals surface area contributed by atoms with Crippen LogP contribution in [0.2, 0.25) is 5.02 Å². The summed E-state index contributed by atoms with van der Waals surface area (Å²) in [7, 11) is 0. The summed E-state index contributed by atoms with van der Waals surface area (Å²) in [6.07, 6.45) is 3.23. The average molecular weight is 576 g/mol. The number of carboxylic acid groups (broad SMARTS) is 1. The molecule has 0 amide bonds. The van der Waals surface area contributed by atoms with Crippen LogP contribution in [0.1, 0.15) is 94.1 Å². The number of aromatic carboxylic acids is 1. The first-order valence-electron chi connectivity index (χ1n) is 14.3. The Morgan fingerprint density at radius 1 is 0.927 bits per heavy atom. The van der Waals surface area contributed by atoms with Crippen molar-refractivity contribution in [1.82, 2.24) is 4.90 Å². The van der Waals surface area contributed by atoms with Gasteiger partial charge in [0.1, 0.15) is 12.4 Å². The van der Waals surface area contributed by atoms with Crippen LogP contribution in [0.15, 0.2) is 65.0 Å². The molecule has 5 rings (SSSR count). The van der Waals surface area contributed by atoms with Gasteiger partial charge in [0.15, 0.2) is 11.6 Å². The van der Waals surface area contributed by atoms with Gasteiger partial charge in [0.05, 0.1) is 5.56 Å². The molecule has 2 aliphatic carbocycles. The molecule has 2 aromatic rings. The number of ketones is 2. The number of carboxylic acids is 1. The zero-order valence-electron chi connectivity index (χ0n) is 24.5. The van der Waals surface area contributed by atoms with Crippen LogP contribution in [0.5, 0.6) is 5.75 Å². The maximum absolute atomic E-state index is 14.0. The van der Waals surface area contributed by atoms with Crippen LogP contribution in [-0.2, 0) is 16.2 Å². The van der Waals surface area contributed by atoms with E-state index >= 15 is 0 Å². The zero-order valence-corrected chi connectivity index (χ0v) is 25.2. The van der Waals surface area contributed by atoms with Gasteiger partial charge in [-0.05, 0) is 66.0 Å². The number of hydrogen-bond acceptors (Lipinski definition) is 5. The fourth-order valence-electron chi connectivity index (χ4n) is 6.63. The van der Waals surface area contributed by atoms with E-state index in [2.05, 4.69) is 39.5 Å². The second-order valence-corrected chi connectivity index (χ2v) is 13.6. The summed E-state index contributed by atoms with van der Waals surface area (Å²) in [4.78, 5) is 41.6. The van der Waals surface area contributed by atoms with Crippen LogP contribution in [0, 0.1) is 10.8 Å². The number of rotatable bonds is 7. The van der Waals surface area contributed by atoms with Gasteiger partial charge in [0, 0.05) is 58.4 Å². The number of benzene rings is 2. The maximum Gasteiger partial charge on any atom is 0.335 e. The highest BCUT2D eigenvalue weighted by Crippen LogP contribution is 2.55. The summed E-state index contributed by atoms with van der Waals surface area (Å²) in [5, 5.41) is 9.73. The molecule has 1 N–H and O–H groups in total. The molecule has 0 fully saturated rings. The lowest BCUT2D eigenvalue weighted by Crippen LogP contribution is -2.44. The normalized spacial score (nSPS) is 20.2. The summed E-state index contributed by atoms with van der Waals surface area (Å²) in [5.41, 5.74) is 4.80. The van der Waals surface area contributed by atoms with Crippen molar-refractivity contribution in [3.63, 3.8) is 0 Å². The van der Waals surface area contributed by atoms with E-state index in [4.69, 9.17) is 16.3 Å². The summed E-state index contributed by atoms with van der Waals surface area (Å²) in [6, 6.07) is 11.9. The standard InChI is InChI=1S/C34H38ClNO5/c1-6-13-36-24-15-33(2,3)17-26(37)30(24)29(31-25(36)16-34(4,5)18-27(31)38)23-14-22(35)11-12-28(23)41-19-20-7-9-21(10-8-20)32(39)40/h7-12,14,29H,6,13,15-19H2,1-5H3,(H,39,40). The molecule has 0 atom stereocenters. The Labute approximate surface area is 247 Å². The highest BCUT2D eigenvalue weighted by Gasteiger charge is 2.49. The van der Waals surface area contributed by atoms with Crippen LogP contribution in [0.4, 0.5) is 0 Å². The van der Waals surface area contributed by atoms with Crippen molar-refractivity contribution < 1.29 is 24.2 Å². The van der Waals surface area contributed by atoms with E-state index in [-0.39, 0.29) is 34.6 Å². The first kappa shape index (κ1) is 29.1. The summed E-state index contributed by atoms with van der Waals surface area (Å²) in [6.45, 7) is 11.6. The molecule has 6 nitrogen and oxygen atoms in total. The molecule has 0 spiro atoms. The van der Waals surface area contributed by atoms with E-state index in [1.54, 1.807) is 36.4 Å². The molecular weight excluding hydrogens is 538 g/mol. The lowest BCUT2D eigenvalue weighted by molar-refractivity contribution is -0.119. The Morgan fingerprint density at radius 3 is 2.00 bits per heavy atom. The highest BCUT2D eigenvalue weighted by atomic mass is 35.5. The molecule has 0 unspecified atom stereocenters. The first-order chi connectivity index (χ1) is 19.3. The third kappa shape index (κ3) is 5.72. The second-order valence-electron chi connectivity index (χ2n) is 13.2. The van der Waals surface area contributed by atoms with Gasteiger partial charge >= 0.3 is 5.97 Å². The molecule has 1 aliphatic heterocycles. The van der Waals surface area contributed by atoms with E-state index < -0.39 is 11.9 Å². The molecular formula is C34H38ClNO5. The summed E-state index contributed by atoms with van der Waals surface area (Å²) < 4.78 is 6.33. The topological polar surface area (TPSA) is 83.9 Å². The maximum atomic E-state index is 14.0. The van der Waals surface area contributed by atoms with Crippen molar-refractivity contribution in [3.8, 4) is 5.75 Å². The highest BCUT2D eigenvalue weighted by molar-refractivity contribution is 6.30. The number of hydrogen-bond donors (Lipinski definition) is 1. The lowest BCUT2D eigenvalue weighted by Gasteiger charge is -2.49. The van der Waals surface area contributed by atoms with Crippen molar-refractivity contribution in [3.05, 3.63) is 86.7 Å². The molecule has 0 radical (unpaired) electrons. The number of allylic oxidation sites excluding steroid dienone is 4. The van der Waals surface area contributed by atoms with Crippen molar-refractivity contribution in [2.75, 3.05) is 6.54 Å². The fraction of sp³-hybridized carbons (Fsp3) is 0.441. The number of nitrogens with zero attached hydrogens (tertiary/aromatic N) is 1. The minimum Gasteiger partial charge on any atom is -0.489 e. The predicted molar refractivity (Wildman–Crippen MR) is 159 cm³/mol. The van der Waals surface area contributed by atoms with Gasteiger partial charge in [-0.2, -0.15) is 0 Å². The van der Waals surface area contributed by atoms with Crippen molar-refractivity contribution in [2.45, 2.75) is 79.2 Å². The van der Waals surface area contributed by atoms with Gasteiger partial charge in [-0.25, -0.2) is 4.79 Å². The Hall–Kier alpha value is -3.38. The SMILES string of the molecule is CCCN1C2=C(C(=O)CC(C)(C)C2)C(c2cc(Cl)ccc2OCc2ccc(C(=O)O)cc2)C2=C1CC(C)(C)CC2=O. The molecule has 3 aliphatic rings.